The van der Waals surface area contributed by atoms with Crippen molar-refractivity contribution < 1.29 is 4.52 Å². The number of aromatic nitrogens is 2. The summed E-state index contributed by atoms with van der Waals surface area (Å²) < 4.78 is 4.95. The van der Waals surface area contributed by atoms with Crippen molar-refractivity contribution in [2.75, 3.05) is 5.73 Å². The maximum atomic E-state index is 8.80. The number of nitriles is 1. The van der Waals surface area contributed by atoms with Crippen molar-refractivity contribution in [1.29, 1.82) is 5.26 Å². The van der Waals surface area contributed by atoms with E-state index in [1.54, 1.807) is 24.5 Å². The third-order valence-corrected chi connectivity index (χ3v) is 1.77. The Kier molecular flexibility index (Phi) is 1.88. The first-order valence-corrected chi connectivity index (χ1v) is 3.88. The Labute approximate surface area is 79.8 Å². The van der Waals surface area contributed by atoms with Gasteiger partial charge in [0.1, 0.15) is 11.6 Å². The minimum Gasteiger partial charge on any atom is -0.380 e. The highest BCUT2D eigenvalue weighted by Crippen LogP contribution is 2.25. The fraction of sp³-hybridized carbons (Fsp3) is 0. The van der Waals surface area contributed by atoms with Crippen molar-refractivity contribution >= 4 is 5.82 Å². The Morgan fingerprint density at radius 3 is 2.71 bits per heavy atom. The Morgan fingerprint density at radius 1 is 1.36 bits per heavy atom. The average Bonchev–Trinajstić information content (AvgIpc) is 2.61. The van der Waals surface area contributed by atoms with Gasteiger partial charge in [-0.2, -0.15) is 5.26 Å². The van der Waals surface area contributed by atoms with Crippen LogP contribution in [-0.4, -0.2) is 10.1 Å². The van der Waals surface area contributed by atoms with Crippen LogP contribution in [0.3, 0.4) is 0 Å². The van der Waals surface area contributed by atoms with Gasteiger partial charge in [0.2, 0.25) is 0 Å². The molecule has 2 heterocycles. The lowest BCUT2D eigenvalue weighted by Gasteiger charge is -1.93. The van der Waals surface area contributed by atoms with Crippen LogP contribution in [0.5, 0.6) is 0 Å². The number of hydrogen-bond donors (Lipinski definition) is 1. The average molecular weight is 186 g/mol. The highest BCUT2D eigenvalue weighted by Gasteiger charge is 2.14. The first kappa shape index (κ1) is 8.26. The van der Waals surface area contributed by atoms with E-state index >= 15 is 0 Å². The number of rotatable bonds is 1. The van der Waals surface area contributed by atoms with Gasteiger partial charge in [0, 0.05) is 18.0 Å². The number of pyridine rings is 1. The number of nitrogen functional groups attached to an aromatic ring is 1. The first-order chi connectivity index (χ1) is 6.83. The summed E-state index contributed by atoms with van der Waals surface area (Å²) in [5.41, 5.74) is 6.44. The van der Waals surface area contributed by atoms with E-state index in [4.69, 9.17) is 15.5 Å². The predicted octanol–water partition coefficient (Wildman–Crippen LogP) is 1.19. The molecular formula is C9H6N4O. The molecule has 14 heavy (non-hydrogen) atoms. The van der Waals surface area contributed by atoms with E-state index in [0.29, 0.717) is 5.76 Å². The van der Waals surface area contributed by atoms with Crippen LogP contribution in [0, 0.1) is 11.3 Å². The van der Waals surface area contributed by atoms with Gasteiger partial charge in [-0.25, -0.2) is 0 Å². The van der Waals surface area contributed by atoms with Gasteiger partial charge >= 0.3 is 0 Å². The second kappa shape index (κ2) is 3.18. The Hall–Kier alpha value is -2.35. The summed E-state index contributed by atoms with van der Waals surface area (Å²) >= 11 is 0. The zero-order valence-corrected chi connectivity index (χ0v) is 7.14. The van der Waals surface area contributed by atoms with Crippen molar-refractivity contribution in [2.24, 2.45) is 0 Å². The van der Waals surface area contributed by atoms with Crippen LogP contribution in [0.4, 0.5) is 5.82 Å². The van der Waals surface area contributed by atoms with E-state index < -0.39 is 0 Å². The van der Waals surface area contributed by atoms with Crippen LogP contribution in [0.15, 0.2) is 29.0 Å². The normalized spacial score (nSPS) is 9.64. The van der Waals surface area contributed by atoms with Crippen molar-refractivity contribution in [3.05, 3.63) is 30.1 Å². The maximum absolute atomic E-state index is 8.80. The lowest BCUT2D eigenvalue weighted by Crippen LogP contribution is -1.87. The minimum atomic E-state index is 0.110. The van der Waals surface area contributed by atoms with Gasteiger partial charge < -0.3 is 10.3 Å². The van der Waals surface area contributed by atoms with Gasteiger partial charge in [0.25, 0.3) is 0 Å². The second-order valence-electron chi connectivity index (χ2n) is 2.62. The molecule has 2 aromatic heterocycles. The third kappa shape index (κ3) is 1.19. The molecule has 0 aromatic carbocycles. The summed E-state index contributed by atoms with van der Waals surface area (Å²) in [4.78, 5) is 3.86. The molecule has 0 unspecified atom stereocenters. The van der Waals surface area contributed by atoms with Gasteiger partial charge in [-0.3, -0.25) is 4.98 Å². The van der Waals surface area contributed by atoms with Gasteiger partial charge in [-0.1, -0.05) is 5.16 Å². The van der Waals surface area contributed by atoms with Gasteiger partial charge in [0.15, 0.2) is 11.6 Å². The quantitative estimate of drug-likeness (QED) is 0.722. The standard InChI is InChI=1S/C9H6N4O/c10-5-7-8(14-13-9(7)11)6-1-3-12-4-2-6/h1-4H,(H2,11,13). The van der Waals surface area contributed by atoms with Crippen LogP contribution in [0.1, 0.15) is 5.56 Å². The van der Waals surface area contributed by atoms with E-state index in [0.717, 1.165) is 5.56 Å². The molecule has 0 radical (unpaired) electrons. The molecule has 0 bridgehead atoms. The second-order valence-corrected chi connectivity index (χ2v) is 2.62. The number of hydrogen-bond acceptors (Lipinski definition) is 5. The largest absolute Gasteiger partial charge is 0.380 e. The molecule has 2 aromatic rings. The van der Waals surface area contributed by atoms with E-state index in [1.165, 1.54) is 0 Å². The Morgan fingerprint density at radius 2 is 2.07 bits per heavy atom. The lowest BCUT2D eigenvalue weighted by molar-refractivity contribution is 0.435. The third-order valence-electron chi connectivity index (χ3n) is 1.77. The van der Waals surface area contributed by atoms with E-state index in [1.807, 2.05) is 6.07 Å². The zero-order chi connectivity index (χ0) is 9.97. The summed E-state index contributed by atoms with van der Waals surface area (Å²) in [5.74, 6) is 0.492. The van der Waals surface area contributed by atoms with Crippen LogP contribution < -0.4 is 5.73 Å². The lowest BCUT2D eigenvalue weighted by atomic mass is 10.1. The monoisotopic (exact) mass is 186 g/mol. The summed E-state index contributed by atoms with van der Waals surface area (Å²) in [5, 5.41) is 12.3. The summed E-state index contributed by atoms with van der Waals surface area (Å²) in [7, 11) is 0. The van der Waals surface area contributed by atoms with E-state index in [9.17, 15) is 0 Å². The fourth-order valence-electron chi connectivity index (χ4n) is 1.11. The SMILES string of the molecule is N#Cc1c(N)noc1-c1ccncc1. The van der Waals surface area contributed by atoms with Gasteiger partial charge in [-0.15, -0.1) is 0 Å². The molecular weight excluding hydrogens is 180 g/mol. The summed E-state index contributed by atoms with van der Waals surface area (Å²) in [6.07, 6.45) is 3.21. The van der Waals surface area contributed by atoms with E-state index in [2.05, 4.69) is 10.1 Å². The number of nitrogens with two attached hydrogens (primary N) is 1. The molecule has 0 aliphatic rings. The topological polar surface area (TPSA) is 88.7 Å². The Bertz CT molecular complexity index is 483. The molecule has 0 fully saturated rings. The van der Waals surface area contributed by atoms with Gasteiger partial charge in [0.05, 0.1) is 0 Å². The molecule has 0 aliphatic heterocycles. The summed E-state index contributed by atoms with van der Waals surface area (Å²) in [6.45, 7) is 0. The van der Waals surface area contributed by atoms with Gasteiger partial charge in [-0.05, 0) is 12.1 Å². The van der Waals surface area contributed by atoms with Crippen LogP contribution in [-0.2, 0) is 0 Å². The molecule has 68 valence electrons. The van der Waals surface area contributed by atoms with Crippen LogP contribution in [0.25, 0.3) is 11.3 Å². The molecule has 0 spiro atoms. The smallest absolute Gasteiger partial charge is 0.187 e. The first-order valence-electron chi connectivity index (χ1n) is 3.88. The molecule has 5 heteroatoms. The van der Waals surface area contributed by atoms with Crippen molar-refractivity contribution in [3.63, 3.8) is 0 Å². The maximum Gasteiger partial charge on any atom is 0.187 e. The minimum absolute atomic E-state index is 0.110. The fourth-order valence-corrected chi connectivity index (χ4v) is 1.11. The van der Waals surface area contributed by atoms with Crippen molar-refractivity contribution in [3.8, 4) is 17.4 Å². The molecule has 5 nitrogen and oxygen atoms in total. The Balaban J connectivity index is 2.59. The molecule has 2 rings (SSSR count). The molecule has 0 saturated heterocycles. The molecule has 0 aliphatic carbocycles. The van der Waals surface area contributed by atoms with Crippen molar-refractivity contribution in [1.82, 2.24) is 10.1 Å². The number of anilines is 1. The van der Waals surface area contributed by atoms with E-state index in [-0.39, 0.29) is 11.4 Å². The van der Waals surface area contributed by atoms with Crippen molar-refractivity contribution in [2.45, 2.75) is 0 Å². The summed E-state index contributed by atoms with van der Waals surface area (Å²) in [6, 6.07) is 5.39. The number of nitrogens with zero attached hydrogens (tertiary/aromatic N) is 3. The predicted molar refractivity (Wildman–Crippen MR) is 48.9 cm³/mol. The molecule has 0 amide bonds. The zero-order valence-electron chi connectivity index (χ0n) is 7.14. The highest BCUT2D eigenvalue weighted by molar-refractivity contribution is 5.69. The molecule has 0 atom stereocenters. The highest BCUT2D eigenvalue weighted by atomic mass is 16.5. The molecule has 0 saturated carbocycles. The van der Waals surface area contributed by atoms with Crippen LogP contribution in [0.2, 0.25) is 0 Å². The van der Waals surface area contributed by atoms with Crippen LogP contribution >= 0.6 is 0 Å². The molecule has 2 N–H and O–H groups in total.